The number of ether oxygens (including phenoxy) is 3. The van der Waals surface area contributed by atoms with Gasteiger partial charge in [0.2, 0.25) is 5.78 Å². The number of benzene rings is 2. The van der Waals surface area contributed by atoms with Crippen molar-refractivity contribution >= 4 is 18.0 Å². The zero-order valence-corrected chi connectivity index (χ0v) is 14.1. The molecule has 0 N–H and O–H groups in total. The van der Waals surface area contributed by atoms with Crippen LogP contribution in [0.4, 0.5) is 4.79 Å². The van der Waals surface area contributed by atoms with E-state index in [1.165, 1.54) is 4.90 Å². The summed E-state index contributed by atoms with van der Waals surface area (Å²) < 4.78 is 16.0. The average Bonchev–Trinajstić information content (AvgIpc) is 2.90. The second kappa shape index (κ2) is 6.68. The van der Waals surface area contributed by atoms with Gasteiger partial charge < -0.3 is 19.1 Å². The molecule has 0 aliphatic carbocycles. The normalized spacial score (nSPS) is 14.0. The third-order valence-electron chi connectivity index (χ3n) is 3.60. The molecule has 0 bridgehead atoms. The topological polar surface area (TPSA) is 65.1 Å². The van der Waals surface area contributed by atoms with Gasteiger partial charge in [0.15, 0.2) is 5.76 Å². The molecule has 2 aromatic carbocycles. The third kappa shape index (κ3) is 3.47. The third-order valence-corrected chi connectivity index (χ3v) is 3.60. The van der Waals surface area contributed by atoms with E-state index in [1.807, 2.05) is 0 Å². The Labute approximate surface area is 145 Å². The zero-order chi connectivity index (χ0) is 18.0. The molecule has 6 heteroatoms. The number of rotatable bonds is 3. The van der Waals surface area contributed by atoms with Crippen molar-refractivity contribution in [3.63, 3.8) is 0 Å². The molecule has 0 unspecified atom stereocenters. The van der Waals surface area contributed by atoms with Crippen LogP contribution in [-0.4, -0.2) is 38.0 Å². The molecule has 0 fully saturated rings. The van der Waals surface area contributed by atoms with Crippen LogP contribution in [0.15, 0.2) is 48.2 Å². The Hall–Kier alpha value is -3.28. The second-order valence-corrected chi connectivity index (χ2v) is 5.64. The van der Waals surface area contributed by atoms with E-state index in [-0.39, 0.29) is 11.5 Å². The minimum absolute atomic E-state index is 0.201. The fourth-order valence-corrected chi connectivity index (χ4v) is 2.31. The van der Waals surface area contributed by atoms with E-state index in [1.54, 1.807) is 69.7 Å². The SMILES string of the molecule is COc1ccc2c(c1)OC(=Cc1cccc(OC(=O)N(C)C)c1)C2=O. The summed E-state index contributed by atoms with van der Waals surface area (Å²) in [5, 5.41) is 0. The number of allylic oxidation sites excluding steroid dienone is 1. The molecule has 1 aliphatic heterocycles. The van der Waals surface area contributed by atoms with Crippen LogP contribution in [0.5, 0.6) is 17.2 Å². The molecule has 0 atom stereocenters. The van der Waals surface area contributed by atoms with Crippen LogP contribution in [0.25, 0.3) is 6.08 Å². The van der Waals surface area contributed by atoms with Crippen molar-refractivity contribution in [2.45, 2.75) is 0 Å². The molecule has 128 valence electrons. The lowest BCUT2D eigenvalue weighted by Crippen LogP contribution is -2.25. The Kier molecular flexibility index (Phi) is 4.43. The monoisotopic (exact) mass is 339 g/mol. The number of nitrogens with zero attached hydrogens (tertiary/aromatic N) is 1. The fourth-order valence-electron chi connectivity index (χ4n) is 2.31. The first-order chi connectivity index (χ1) is 12.0. The van der Waals surface area contributed by atoms with E-state index >= 15 is 0 Å². The van der Waals surface area contributed by atoms with Crippen LogP contribution < -0.4 is 14.2 Å². The van der Waals surface area contributed by atoms with Gasteiger partial charge in [0.05, 0.1) is 12.7 Å². The highest BCUT2D eigenvalue weighted by atomic mass is 16.6. The van der Waals surface area contributed by atoms with Gasteiger partial charge in [-0.25, -0.2) is 4.79 Å². The lowest BCUT2D eigenvalue weighted by Gasteiger charge is -2.10. The molecule has 0 spiro atoms. The number of Topliss-reactive ketones (excluding diaryl/α,β-unsaturated/α-hetero) is 1. The molecule has 1 amide bonds. The molecule has 1 heterocycles. The first kappa shape index (κ1) is 16.6. The minimum Gasteiger partial charge on any atom is -0.497 e. The summed E-state index contributed by atoms with van der Waals surface area (Å²) in [5.74, 6) is 1.47. The maximum absolute atomic E-state index is 12.4. The summed E-state index contributed by atoms with van der Waals surface area (Å²) in [4.78, 5) is 25.4. The Bertz CT molecular complexity index is 870. The highest BCUT2D eigenvalue weighted by Crippen LogP contribution is 2.34. The first-order valence-corrected chi connectivity index (χ1v) is 7.59. The smallest absolute Gasteiger partial charge is 0.414 e. The fraction of sp³-hybridized carbons (Fsp3) is 0.158. The molecule has 6 nitrogen and oxygen atoms in total. The predicted octanol–water partition coefficient (Wildman–Crippen LogP) is 3.37. The van der Waals surface area contributed by atoms with Gasteiger partial charge in [-0.1, -0.05) is 12.1 Å². The average molecular weight is 339 g/mol. The van der Waals surface area contributed by atoms with E-state index in [0.717, 1.165) is 0 Å². The summed E-state index contributed by atoms with van der Waals surface area (Å²) in [5.41, 5.74) is 1.18. The number of ketones is 1. The molecular weight excluding hydrogens is 322 g/mol. The van der Waals surface area contributed by atoms with Gasteiger partial charge in [-0.15, -0.1) is 0 Å². The number of hydrogen-bond acceptors (Lipinski definition) is 5. The summed E-state index contributed by atoms with van der Waals surface area (Å²) in [7, 11) is 4.76. The first-order valence-electron chi connectivity index (χ1n) is 7.59. The predicted molar refractivity (Wildman–Crippen MR) is 92.1 cm³/mol. The van der Waals surface area contributed by atoms with Crippen LogP contribution >= 0.6 is 0 Å². The van der Waals surface area contributed by atoms with Gasteiger partial charge in [-0.05, 0) is 35.9 Å². The van der Waals surface area contributed by atoms with Crippen molar-refractivity contribution in [2.24, 2.45) is 0 Å². The summed E-state index contributed by atoms with van der Waals surface area (Å²) in [6.45, 7) is 0. The van der Waals surface area contributed by atoms with E-state index in [2.05, 4.69) is 0 Å². The molecule has 1 aliphatic rings. The molecule has 0 radical (unpaired) electrons. The Morgan fingerprint density at radius 1 is 1.12 bits per heavy atom. The van der Waals surface area contributed by atoms with Crippen LogP contribution in [0, 0.1) is 0 Å². The van der Waals surface area contributed by atoms with Gasteiger partial charge in [0, 0.05) is 20.2 Å². The van der Waals surface area contributed by atoms with Crippen molar-refractivity contribution in [2.75, 3.05) is 21.2 Å². The number of hydrogen-bond donors (Lipinski definition) is 0. The van der Waals surface area contributed by atoms with Crippen LogP contribution in [0.1, 0.15) is 15.9 Å². The maximum Gasteiger partial charge on any atom is 0.414 e. The van der Waals surface area contributed by atoms with Crippen molar-refractivity contribution < 1.29 is 23.8 Å². The molecule has 2 aromatic rings. The number of fused-ring (bicyclic) bond motifs is 1. The number of carbonyl (C=O) groups excluding carboxylic acids is 2. The van der Waals surface area contributed by atoms with Gasteiger partial charge in [0.1, 0.15) is 17.2 Å². The summed E-state index contributed by atoms with van der Waals surface area (Å²) >= 11 is 0. The van der Waals surface area contributed by atoms with Crippen molar-refractivity contribution in [3.05, 3.63) is 59.4 Å². The van der Waals surface area contributed by atoms with Gasteiger partial charge in [-0.2, -0.15) is 0 Å². The van der Waals surface area contributed by atoms with Crippen LogP contribution in [-0.2, 0) is 0 Å². The number of carbonyl (C=O) groups is 2. The van der Waals surface area contributed by atoms with Crippen molar-refractivity contribution in [3.8, 4) is 17.2 Å². The van der Waals surface area contributed by atoms with Gasteiger partial charge >= 0.3 is 6.09 Å². The lowest BCUT2D eigenvalue weighted by molar-refractivity contribution is 0.101. The quantitative estimate of drug-likeness (QED) is 0.802. The van der Waals surface area contributed by atoms with Crippen molar-refractivity contribution in [1.29, 1.82) is 0 Å². The molecule has 25 heavy (non-hydrogen) atoms. The largest absolute Gasteiger partial charge is 0.497 e. The molecule has 3 rings (SSSR count). The number of amides is 1. The van der Waals surface area contributed by atoms with Gasteiger partial charge in [-0.3, -0.25) is 4.79 Å². The van der Waals surface area contributed by atoms with Gasteiger partial charge in [0.25, 0.3) is 0 Å². The van der Waals surface area contributed by atoms with Crippen molar-refractivity contribution in [1.82, 2.24) is 4.90 Å². The standard InChI is InChI=1S/C19H17NO5/c1-20(2)19(22)24-14-6-4-5-12(9-14)10-17-18(21)15-8-7-13(23-3)11-16(15)25-17/h4-11H,1-3H3. The second-order valence-electron chi connectivity index (χ2n) is 5.64. The molecular formula is C19H17NO5. The Balaban J connectivity index is 1.84. The summed E-state index contributed by atoms with van der Waals surface area (Å²) in [6.07, 6.45) is 1.14. The zero-order valence-electron chi connectivity index (χ0n) is 14.1. The van der Waals surface area contributed by atoms with E-state index < -0.39 is 6.09 Å². The highest BCUT2D eigenvalue weighted by Gasteiger charge is 2.27. The van der Waals surface area contributed by atoms with E-state index in [9.17, 15) is 9.59 Å². The molecule has 0 aromatic heterocycles. The molecule has 0 saturated carbocycles. The highest BCUT2D eigenvalue weighted by molar-refractivity contribution is 6.14. The summed E-state index contributed by atoms with van der Waals surface area (Å²) in [6, 6.07) is 11.9. The Morgan fingerprint density at radius 2 is 1.92 bits per heavy atom. The van der Waals surface area contributed by atoms with E-state index in [0.29, 0.717) is 28.4 Å². The van der Waals surface area contributed by atoms with E-state index in [4.69, 9.17) is 14.2 Å². The van der Waals surface area contributed by atoms with Crippen LogP contribution in [0.3, 0.4) is 0 Å². The molecule has 0 saturated heterocycles. The maximum atomic E-state index is 12.4. The number of methoxy groups -OCH3 is 1. The van der Waals surface area contributed by atoms with Crippen LogP contribution in [0.2, 0.25) is 0 Å². The Morgan fingerprint density at radius 3 is 2.64 bits per heavy atom. The lowest BCUT2D eigenvalue weighted by atomic mass is 10.1. The minimum atomic E-state index is -0.475.